The van der Waals surface area contributed by atoms with E-state index in [2.05, 4.69) is 43.7 Å². The fourth-order valence-corrected chi connectivity index (χ4v) is 4.48. The zero-order chi connectivity index (χ0) is 28.7. The first-order valence-corrected chi connectivity index (χ1v) is 13.0. The predicted octanol–water partition coefficient (Wildman–Crippen LogP) is 5.83. The summed E-state index contributed by atoms with van der Waals surface area (Å²) in [6, 6.07) is 12.3. The lowest BCUT2D eigenvalue weighted by atomic mass is 10.0. The molecule has 0 unspecified atom stereocenters. The van der Waals surface area contributed by atoms with Gasteiger partial charge in [0, 0.05) is 12.2 Å². The number of carboxylic acid groups (broad SMARTS) is 1. The molecule has 0 saturated carbocycles. The molecule has 6 bridgehead atoms. The van der Waals surface area contributed by atoms with E-state index >= 15 is 0 Å². The Hall–Kier alpha value is -3.77. The number of benzene rings is 2. The average Bonchev–Trinajstić information content (AvgIpc) is 3.43. The molecule has 2 aromatic carbocycles. The standard InChI is InChI=1S/C25H28ClN5O2.C2HF3O2/c1-32-23-8-5-17-4-6-18-15-19(7-9-22(18)33-13-12-31-10-2-3-11-31)28-25-27-16-20(26)24(30-25)29-21(23)14-17;3-2(4,5)1(6)7/h5,7-9,14-16H,2-4,6,10-13H2,1H3,(H2,27,28,29,30);(H,6,7). The SMILES string of the molecule is COc1ccc2cc1Nc1nc(ncc1Cl)Nc1ccc(OCCN3CCCC3)c(c1)CC2.O=C(O)C(F)(F)F. The molecule has 0 aliphatic carbocycles. The third-order valence-electron chi connectivity index (χ3n) is 6.37. The van der Waals surface area contributed by atoms with E-state index in [4.69, 9.17) is 31.0 Å². The van der Waals surface area contributed by atoms with Crippen LogP contribution in [0.4, 0.5) is 36.3 Å². The molecule has 3 aromatic rings. The van der Waals surface area contributed by atoms with Crippen LogP contribution in [0.15, 0.2) is 42.6 Å². The molecule has 3 heterocycles. The Morgan fingerprint density at radius 1 is 1.10 bits per heavy atom. The van der Waals surface area contributed by atoms with Crippen LogP contribution in [0.25, 0.3) is 0 Å². The Morgan fingerprint density at radius 2 is 1.82 bits per heavy atom. The number of carboxylic acids is 1. The molecular weight excluding hydrogens is 551 g/mol. The fourth-order valence-electron chi connectivity index (χ4n) is 4.34. The Kier molecular flexibility index (Phi) is 9.54. The normalized spacial score (nSPS) is 14.7. The molecule has 0 amide bonds. The molecule has 40 heavy (non-hydrogen) atoms. The number of aromatic nitrogens is 2. The first-order chi connectivity index (χ1) is 19.1. The summed E-state index contributed by atoms with van der Waals surface area (Å²) < 4.78 is 43.5. The van der Waals surface area contributed by atoms with Gasteiger partial charge in [-0.3, -0.25) is 4.90 Å². The number of hydrogen-bond acceptors (Lipinski definition) is 8. The highest BCUT2D eigenvalue weighted by atomic mass is 35.5. The molecule has 1 fully saturated rings. The van der Waals surface area contributed by atoms with E-state index < -0.39 is 12.1 Å². The van der Waals surface area contributed by atoms with E-state index in [-0.39, 0.29) is 0 Å². The van der Waals surface area contributed by atoms with Crippen LogP contribution in [-0.4, -0.2) is 65.5 Å². The first-order valence-electron chi connectivity index (χ1n) is 12.6. The van der Waals surface area contributed by atoms with Crippen molar-refractivity contribution in [2.45, 2.75) is 31.9 Å². The van der Waals surface area contributed by atoms with Gasteiger partial charge in [0.15, 0.2) is 5.82 Å². The van der Waals surface area contributed by atoms with Crippen molar-refractivity contribution in [3.05, 3.63) is 58.7 Å². The molecule has 1 aromatic heterocycles. The number of nitrogens with one attached hydrogen (secondary N) is 2. The van der Waals surface area contributed by atoms with Crippen molar-refractivity contribution in [1.82, 2.24) is 14.9 Å². The number of alkyl halides is 3. The molecule has 5 rings (SSSR count). The highest BCUT2D eigenvalue weighted by Crippen LogP contribution is 2.33. The van der Waals surface area contributed by atoms with Crippen molar-refractivity contribution in [3.63, 3.8) is 0 Å². The van der Waals surface area contributed by atoms with Crippen LogP contribution in [0.3, 0.4) is 0 Å². The summed E-state index contributed by atoms with van der Waals surface area (Å²) in [5.41, 5.74) is 4.06. The predicted molar refractivity (Wildman–Crippen MR) is 145 cm³/mol. The van der Waals surface area contributed by atoms with Crippen LogP contribution < -0.4 is 20.1 Å². The van der Waals surface area contributed by atoms with Gasteiger partial charge in [0.05, 0.1) is 19.0 Å². The summed E-state index contributed by atoms with van der Waals surface area (Å²) in [4.78, 5) is 20.3. The van der Waals surface area contributed by atoms with Crippen LogP contribution >= 0.6 is 11.6 Å². The molecule has 2 aliphatic rings. The van der Waals surface area contributed by atoms with Crippen LogP contribution in [0, 0.1) is 0 Å². The van der Waals surface area contributed by atoms with Crippen molar-refractivity contribution >= 4 is 40.7 Å². The van der Waals surface area contributed by atoms with Crippen molar-refractivity contribution in [3.8, 4) is 11.5 Å². The number of anilines is 4. The molecule has 0 radical (unpaired) electrons. The third kappa shape index (κ3) is 7.89. The molecule has 3 N–H and O–H groups in total. The number of nitrogens with zero attached hydrogens (tertiary/aromatic N) is 3. The highest BCUT2D eigenvalue weighted by Gasteiger charge is 2.38. The lowest BCUT2D eigenvalue weighted by Crippen LogP contribution is -2.25. The van der Waals surface area contributed by atoms with E-state index in [1.54, 1.807) is 13.3 Å². The van der Waals surface area contributed by atoms with Gasteiger partial charge in [-0.25, -0.2) is 9.78 Å². The van der Waals surface area contributed by atoms with Gasteiger partial charge in [-0.1, -0.05) is 17.7 Å². The van der Waals surface area contributed by atoms with Gasteiger partial charge in [0.1, 0.15) is 23.1 Å². The van der Waals surface area contributed by atoms with Gasteiger partial charge in [0.2, 0.25) is 5.95 Å². The van der Waals surface area contributed by atoms with E-state index in [0.29, 0.717) is 23.4 Å². The van der Waals surface area contributed by atoms with Crippen LogP contribution in [0.5, 0.6) is 11.5 Å². The van der Waals surface area contributed by atoms with E-state index in [1.807, 2.05) is 18.2 Å². The Morgan fingerprint density at radius 3 is 2.52 bits per heavy atom. The van der Waals surface area contributed by atoms with E-state index in [9.17, 15) is 13.2 Å². The number of carbonyl (C=O) groups is 1. The molecule has 0 spiro atoms. The largest absolute Gasteiger partial charge is 0.495 e. The maximum atomic E-state index is 10.6. The number of hydrogen-bond donors (Lipinski definition) is 3. The van der Waals surface area contributed by atoms with Gasteiger partial charge in [-0.15, -0.1) is 0 Å². The highest BCUT2D eigenvalue weighted by molar-refractivity contribution is 6.32. The van der Waals surface area contributed by atoms with Crippen molar-refractivity contribution in [1.29, 1.82) is 0 Å². The smallest absolute Gasteiger partial charge is 0.490 e. The van der Waals surface area contributed by atoms with Gasteiger partial charge >= 0.3 is 12.1 Å². The number of ether oxygens (including phenoxy) is 2. The third-order valence-corrected chi connectivity index (χ3v) is 6.64. The monoisotopic (exact) mass is 579 g/mol. The van der Waals surface area contributed by atoms with E-state index in [0.717, 1.165) is 47.8 Å². The van der Waals surface area contributed by atoms with Crippen LogP contribution in [0.2, 0.25) is 5.02 Å². The van der Waals surface area contributed by atoms with Gasteiger partial charge in [0.25, 0.3) is 0 Å². The maximum Gasteiger partial charge on any atom is 0.490 e. The van der Waals surface area contributed by atoms with Crippen molar-refractivity contribution in [2.75, 3.05) is 44.0 Å². The van der Waals surface area contributed by atoms with Crippen molar-refractivity contribution in [2.24, 2.45) is 0 Å². The number of likely N-dealkylation sites (tertiary alicyclic amines) is 1. The first kappa shape index (κ1) is 29.2. The van der Waals surface area contributed by atoms with Gasteiger partial charge in [-0.2, -0.15) is 18.2 Å². The lowest BCUT2D eigenvalue weighted by molar-refractivity contribution is -0.192. The van der Waals surface area contributed by atoms with Gasteiger partial charge < -0.3 is 25.2 Å². The number of halogens is 4. The number of methoxy groups -OCH3 is 1. The summed E-state index contributed by atoms with van der Waals surface area (Å²) >= 11 is 6.37. The summed E-state index contributed by atoms with van der Waals surface area (Å²) in [6.07, 6.45) is 0.796. The summed E-state index contributed by atoms with van der Waals surface area (Å²) in [5.74, 6) is -0.119. The zero-order valence-electron chi connectivity index (χ0n) is 21.7. The van der Waals surface area contributed by atoms with Crippen LogP contribution in [-0.2, 0) is 17.6 Å². The second kappa shape index (κ2) is 13.1. The van der Waals surface area contributed by atoms with E-state index in [1.165, 1.54) is 31.5 Å². The van der Waals surface area contributed by atoms with Gasteiger partial charge in [-0.05, 0) is 80.2 Å². The fraction of sp³-hybridized carbons (Fsp3) is 0.370. The molecule has 13 heteroatoms. The molecule has 9 nitrogen and oxygen atoms in total. The second-order valence-corrected chi connectivity index (χ2v) is 9.60. The minimum absolute atomic E-state index is 0.435. The zero-order valence-corrected chi connectivity index (χ0v) is 22.5. The number of aryl methyl sites for hydroxylation is 2. The summed E-state index contributed by atoms with van der Waals surface area (Å²) in [7, 11) is 1.65. The number of rotatable bonds is 5. The molecule has 214 valence electrons. The minimum atomic E-state index is -5.08. The second-order valence-electron chi connectivity index (χ2n) is 9.20. The Balaban J connectivity index is 0.000000470. The number of fused-ring (bicyclic) bond motifs is 6. The Bertz CT molecular complexity index is 1340. The summed E-state index contributed by atoms with van der Waals surface area (Å²) in [5, 5.41) is 14.2. The number of aliphatic carboxylic acids is 1. The maximum absolute atomic E-state index is 10.6. The average molecular weight is 580 g/mol. The minimum Gasteiger partial charge on any atom is -0.495 e. The van der Waals surface area contributed by atoms with Crippen LogP contribution in [0.1, 0.15) is 24.0 Å². The lowest BCUT2D eigenvalue weighted by Gasteiger charge is -2.17. The summed E-state index contributed by atoms with van der Waals surface area (Å²) in [6.45, 7) is 4.01. The topological polar surface area (TPSA) is 109 Å². The quantitative estimate of drug-likeness (QED) is 0.344. The van der Waals surface area contributed by atoms with Crippen molar-refractivity contribution < 1.29 is 32.5 Å². The molecule has 1 saturated heterocycles. The molecule has 2 aliphatic heterocycles. The molecular formula is C27H29ClF3N5O4. The molecule has 0 atom stereocenters. The Labute approximate surface area is 234 Å².